The van der Waals surface area contributed by atoms with Gasteiger partial charge >= 0.3 is 0 Å². The summed E-state index contributed by atoms with van der Waals surface area (Å²) in [5.74, 6) is -0.833. The zero-order valence-corrected chi connectivity index (χ0v) is 12.8. The largest absolute Gasteiger partial charge is 0.347 e. The maximum Gasteiger partial charge on any atom is 0.245 e. The molecule has 0 atom stereocenters. The fourth-order valence-corrected chi connectivity index (χ4v) is 2.25. The Bertz CT molecular complexity index is 506. The molecule has 2 rings (SSSR count). The molecule has 114 valence electrons. The first kappa shape index (κ1) is 15.7. The molecule has 1 aliphatic heterocycles. The molecule has 0 bridgehead atoms. The van der Waals surface area contributed by atoms with Crippen LogP contribution in [0.1, 0.15) is 32.8 Å². The van der Waals surface area contributed by atoms with Crippen LogP contribution in [0.25, 0.3) is 0 Å². The Morgan fingerprint density at radius 2 is 1.90 bits per heavy atom. The summed E-state index contributed by atoms with van der Waals surface area (Å²) < 4.78 is 10.8. The van der Waals surface area contributed by atoms with Gasteiger partial charge in [-0.25, -0.2) is 5.43 Å². The molecule has 1 N–H and O–H groups in total. The number of hydrazone groups is 1. The molecule has 5 heteroatoms. The molecule has 0 aliphatic carbocycles. The second-order valence-corrected chi connectivity index (χ2v) is 5.56. The van der Waals surface area contributed by atoms with Crippen molar-refractivity contribution in [2.45, 2.75) is 33.0 Å². The van der Waals surface area contributed by atoms with E-state index in [-0.39, 0.29) is 18.2 Å². The van der Waals surface area contributed by atoms with Crippen molar-refractivity contribution in [2.24, 2.45) is 11.0 Å². The number of carbonyl (C=O) groups excluding carboxylic acids is 1. The third kappa shape index (κ3) is 4.37. The number of benzene rings is 1. The van der Waals surface area contributed by atoms with Gasteiger partial charge in [-0.05, 0) is 18.4 Å². The van der Waals surface area contributed by atoms with E-state index in [1.165, 1.54) is 0 Å². The van der Waals surface area contributed by atoms with E-state index in [1.54, 1.807) is 6.92 Å². The number of carbonyl (C=O) groups is 1. The van der Waals surface area contributed by atoms with Gasteiger partial charge in [0.1, 0.15) is 0 Å². The lowest BCUT2D eigenvalue weighted by molar-refractivity contribution is -0.159. The van der Waals surface area contributed by atoms with E-state index in [1.807, 2.05) is 44.2 Å². The molecular weight excluding hydrogens is 268 g/mol. The highest BCUT2D eigenvalue weighted by molar-refractivity contribution is 6.02. The van der Waals surface area contributed by atoms with Gasteiger partial charge in [0.15, 0.2) is 5.79 Å². The van der Waals surface area contributed by atoms with Crippen molar-refractivity contribution in [3.63, 3.8) is 0 Å². The van der Waals surface area contributed by atoms with Crippen LogP contribution in [0.5, 0.6) is 0 Å². The van der Waals surface area contributed by atoms with Gasteiger partial charge < -0.3 is 9.47 Å². The van der Waals surface area contributed by atoms with Gasteiger partial charge in [-0.1, -0.05) is 44.2 Å². The second kappa shape index (κ2) is 6.83. The molecule has 0 radical (unpaired) electrons. The molecule has 1 aromatic carbocycles. The fourth-order valence-electron chi connectivity index (χ4n) is 2.25. The standard InChI is InChI=1S/C16H22N2O3/c1-12(2)15(13-7-5-4-6-8-13)18-17-14(19)11-16(3)20-9-10-21-16/h4-8,12H,9-11H2,1-3H3,(H,17,19)/b18-15+. The Labute approximate surface area is 125 Å². The molecule has 1 aliphatic rings. The Hall–Kier alpha value is -1.72. The normalized spacial score (nSPS) is 18.0. The third-order valence-electron chi connectivity index (χ3n) is 3.30. The first-order valence-electron chi connectivity index (χ1n) is 7.20. The first-order chi connectivity index (χ1) is 10.0. The minimum absolute atomic E-state index is 0.136. The highest BCUT2D eigenvalue weighted by Crippen LogP contribution is 2.22. The van der Waals surface area contributed by atoms with Gasteiger partial charge in [-0.3, -0.25) is 4.79 Å². The summed E-state index contributed by atoms with van der Waals surface area (Å²) in [4.78, 5) is 12.0. The molecular formula is C16H22N2O3. The molecule has 5 nitrogen and oxygen atoms in total. The highest BCUT2D eigenvalue weighted by atomic mass is 16.7. The van der Waals surface area contributed by atoms with Crippen LogP contribution < -0.4 is 5.43 Å². The van der Waals surface area contributed by atoms with Gasteiger partial charge in [0.05, 0.1) is 25.3 Å². The van der Waals surface area contributed by atoms with Crippen molar-refractivity contribution < 1.29 is 14.3 Å². The van der Waals surface area contributed by atoms with Crippen molar-refractivity contribution in [3.05, 3.63) is 35.9 Å². The van der Waals surface area contributed by atoms with Crippen molar-refractivity contribution in [3.8, 4) is 0 Å². The molecule has 1 aromatic rings. The molecule has 0 spiro atoms. The fraction of sp³-hybridized carbons (Fsp3) is 0.500. The van der Waals surface area contributed by atoms with Crippen LogP contribution in [0, 0.1) is 5.92 Å². The number of nitrogens with one attached hydrogen (secondary N) is 1. The van der Waals surface area contributed by atoms with Gasteiger partial charge in [0.2, 0.25) is 5.91 Å². The Kier molecular flexibility index (Phi) is 5.09. The minimum atomic E-state index is -0.829. The van der Waals surface area contributed by atoms with E-state index in [0.717, 1.165) is 11.3 Å². The van der Waals surface area contributed by atoms with Crippen molar-refractivity contribution in [1.29, 1.82) is 0 Å². The van der Waals surface area contributed by atoms with E-state index >= 15 is 0 Å². The first-order valence-corrected chi connectivity index (χ1v) is 7.20. The van der Waals surface area contributed by atoms with Crippen molar-refractivity contribution in [1.82, 2.24) is 5.43 Å². The molecule has 0 saturated carbocycles. The molecule has 1 fully saturated rings. The van der Waals surface area contributed by atoms with Crippen LogP contribution in [0.15, 0.2) is 35.4 Å². The van der Waals surface area contributed by atoms with Crippen molar-refractivity contribution in [2.75, 3.05) is 13.2 Å². The summed E-state index contributed by atoms with van der Waals surface area (Å²) in [6.45, 7) is 6.90. The van der Waals surface area contributed by atoms with E-state index in [0.29, 0.717) is 13.2 Å². The maximum atomic E-state index is 12.0. The van der Waals surface area contributed by atoms with Gasteiger partial charge in [0, 0.05) is 0 Å². The minimum Gasteiger partial charge on any atom is -0.347 e. The summed E-state index contributed by atoms with van der Waals surface area (Å²) >= 11 is 0. The smallest absolute Gasteiger partial charge is 0.245 e. The Balaban J connectivity index is 2.01. The lowest BCUT2D eigenvalue weighted by Gasteiger charge is -2.20. The number of hydrogen-bond donors (Lipinski definition) is 1. The number of ether oxygens (including phenoxy) is 2. The van der Waals surface area contributed by atoms with E-state index in [4.69, 9.17) is 9.47 Å². The van der Waals surface area contributed by atoms with Crippen LogP contribution in [-0.4, -0.2) is 30.6 Å². The summed E-state index contributed by atoms with van der Waals surface area (Å²) in [6.07, 6.45) is 0.136. The number of hydrogen-bond acceptors (Lipinski definition) is 4. The second-order valence-electron chi connectivity index (χ2n) is 5.56. The zero-order chi connectivity index (χ0) is 15.3. The molecule has 1 amide bonds. The molecule has 0 aromatic heterocycles. The van der Waals surface area contributed by atoms with Crippen LogP contribution >= 0.6 is 0 Å². The van der Waals surface area contributed by atoms with Gasteiger partial charge in [-0.15, -0.1) is 0 Å². The summed E-state index contributed by atoms with van der Waals surface area (Å²) in [5, 5.41) is 4.27. The summed E-state index contributed by atoms with van der Waals surface area (Å²) in [7, 11) is 0. The van der Waals surface area contributed by atoms with E-state index < -0.39 is 5.79 Å². The summed E-state index contributed by atoms with van der Waals surface area (Å²) in [5.41, 5.74) is 4.46. The van der Waals surface area contributed by atoms with Crippen LogP contribution in [-0.2, 0) is 14.3 Å². The number of rotatable bonds is 5. The van der Waals surface area contributed by atoms with Gasteiger partial charge in [-0.2, -0.15) is 5.10 Å². The quantitative estimate of drug-likeness (QED) is 0.668. The average molecular weight is 290 g/mol. The SMILES string of the molecule is CC(C)/C(=N\NC(=O)CC1(C)OCCO1)c1ccccc1. The Morgan fingerprint density at radius 1 is 1.29 bits per heavy atom. The Morgan fingerprint density at radius 3 is 2.48 bits per heavy atom. The van der Waals surface area contributed by atoms with Crippen molar-refractivity contribution >= 4 is 11.6 Å². The predicted octanol–water partition coefficient (Wildman–Crippen LogP) is 2.32. The van der Waals surface area contributed by atoms with Crippen LogP contribution in [0.3, 0.4) is 0 Å². The van der Waals surface area contributed by atoms with E-state index in [9.17, 15) is 4.79 Å². The molecule has 0 unspecified atom stereocenters. The lowest BCUT2D eigenvalue weighted by atomic mass is 10.0. The lowest BCUT2D eigenvalue weighted by Crippen LogP contribution is -2.34. The van der Waals surface area contributed by atoms with Crippen LogP contribution in [0.2, 0.25) is 0 Å². The molecule has 21 heavy (non-hydrogen) atoms. The number of amides is 1. The topological polar surface area (TPSA) is 59.9 Å². The number of nitrogens with zero attached hydrogens (tertiary/aromatic N) is 1. The maximum absolute atomic E-state index is 12.0. The third-order valence-corrected chi connectivity index (χ3v) is 3.30. The molecule has 1 saturated heterocycles. The van der Waals surface area contributed by atoms with Crippen LogP contribution in [0.4, 0.5) is 0 Å². The predicted molar refractivity (Wildman–Crippen MR) is 80.9 cm³/mol. The van der Waals surface area contributed by atoms with E-state index in [2.05, 4.69) is 10.5 Å². The highest BCUT2D eigenvalue weighted by Gasteiger charge is 2.33. The summed E-state index contributed by atoms with van der Waals surface area (Å²) in [6, 6.07) is 9.83. The molecule has 1 heterocycles. The zero-order valence-electron chi connectivity index (χ0n) is 12.8. The average Bonchev–Trinajstić information content (AvgIpc) is 2.86. The monoisotopic (exact) mass is 290 g/mol. The van der Waals surface area contributed by atoms with Gasteiger partial charge in [0.25, 0.3) is 0 Å².